The van der Waals surface area contributed by atoms with Crippen molar-refractivity contribution < 1.29 is 14.3 Å². The van der Waals surface area contributed by atoms with Crippen LogP contribution in [0.15, 0.2) is 103 Å². The molecule has 0 atom stereocenters. The molecule has 224 valence electrons. The molecule has 3 aromatic heterocycles. The van der Waals surface area contributed by atoms with E-state index in [0.717, 1.165) is 27.8 Å². The smallest absolute Gasteiger partial charge is 0.261 e. The van der Waals surface area contributed by atoms with E-state index in [1.54, 1.807) is 72.3 Å². The van der Waals surface area contributed by atoms with Gasteiger partial charge in [-0.15, -0.1) is 22.7 Å². The fourth-order valence-corrected chi connectivity index (χ4v) is 6.68. The second kappa shape index (κ2) is 13.6. The molecule has 10 heteroatoms. The van der Waals surface area contributed by atoms with Crippen LogP contribution in [0, 0.1) is 11.3 Å². The van der Waals surface area contributed by atoms with E-state index < -0.39 is 0 Å². The number of amides is 2. The molecule has 0 aliphatic heterocycles. The third-order valence-electron chi connectivity index (χ3n) is 7.39. The van der Waals surface area contributed by atoms with Gasteiger partial charge < -0.3 is 19.5 Å². The van der Waals surface area contributed by atoms with Crippen LogP contribution in [0.3, 0.4) is 0 Å². The molecular formula is C35H29N5O3S2. The lowest BCUT2D eigenvalue weighted by atomic mass is 10.1. The van der Waals surface area contributed by atoms with Gasteiger partial charge in [0.2, 0.25) is 0 Å². The zero-order valence-electron chi connectivity index (χ0n) is 24.5. The number of hydrogen-bond acceptors (Lipinski definition) is 7. The van der Waals surface area contributed by atoms with E-state index in [-0.39, 0.29) is 18.4 Å². The number of imidazole rings is 1. The van der Waals surface area contributed by atoms with Crippen molar-refractivity contribution in [3.05, 3.63) is 135 Å². The molecule has 0 saturated carbocycles. The van der Waals surface area contributed by atoms with Crippen molar-refractivity contribution in [2.24, 2.45) is 0 Å². The quantitative estimate of drug-likeness (QED) is 0.168. The van der Waals surface area contributed by atoms with Crippen LogP contribution in [0.25, 0.3) is 10.1 Å². The molecule has 0 fully saturated rings. The molecule has 6 rings (SSSR count). The van der Waals surface area contributed by atoms with Gasteiger partial charge in [0.15, 0.2) is 0 Å². The minimum atomic E-state index is -0.193. The first-order valence-corrected chi connectivity index (χ1v) is 16.0. The van der Waals surface area contributed by atoms with Crippen LogP contribution in [0.1, 0.15) is 41.7 Å². The van der Waals surface area contributed by atoms with Crippen molar-refractivity contribution in [3.8, 4) is 11.8 Å². The maximum atomic E-state index is 14.1. The van der Waals surface area contributed by atoms with Crippen LogP contribution in [0.2, 0.25) is 0 Å². The van der Waals surface area contributed by atoms with E-state index in [1.807, 2.05) is 52.4 Å². The Labute approximate surface area is 268 Å². The summed E-state index contributed by atoms with van der Waals surface area (Å²) < 4.78 is 8.34. The Kier molecular flexibility index (Phi) is 9.01. The SMILES string of the molecule is COc1cccc(C(=O)N(Cc2cncn2Cc2ccc(C#N)cc2)c2ccc3sc(C(=O)NCCc4cccs4)cc3c2)c1. The number of ether oxygens (including phenoxy) is 1. The molecule has 2 amide bonds. The third kappa shape index (κ3) is 6.96. The average molecular weight is 632 g/mol. The summed E-state index contributed by atoms with van der Waals surface area (Å²) in [5.74, 6) is 0.293. The number of aromatic nitrogens is 2. The van der Waals surface area contributed by atoms with Crippen LogP contribution in [0.5, 0.6) is 5.75 Å². The van der Waals surface area contributed by atoms with Crippen LogP contribution >= 0.6 is 22.7 Å². The summed E-state index contributed by atoms with van der Waals surface area (Å²) in [5.41, 5.74) is 3.64. The molecule has 6 aromatic rings. The summed E-state index contributed by atoms with van der Waals surface area (Å²) in [6.07, 6.45) is 4.30. The third-order valence-corrected chi connectivity index (χ3v) is 9.44. The maximum Gasteiger partial charge on any atom is 0.261 e. The molecule has 0 aliphatic rings. The lowest BCUT2D eigenvalue weighted by Crippen LogP contribution is -2.31. The molecule has 0 saturated heterocycles. The monoisotopic (exact) mass is 631 g/mol. The highest BCUT2D eigenvalue weighted by Crippen LogP contribution is 2.31. The fraction of sp³-hybridized carbons (Fsp3) is 0.143. The number of anilines is 1. The number of fused-ring (bicyclic) bond motifs is 1. The van der Waals surface area contributed by atoms with Crippen molar-refractivity contribution in [2.75, 3.05) is 18.6 Å². The summed E-state index contributed by atoms with van der Waals surface area (Å²) in [7, 11) is 1.57. The van der Waals surface area contributed by atoms with Crippen molar-refractivity contribution in [2.45, 2.75) is 19.5 Å². The molecular weight excluding hydrogens is 603 g/mol. The number of thiophene rings is 2. The minimum Gasteiger partial charge on any atom is -0.497 e. The minimum absolute atomic E-state index is 0.106. The summed E-state index contributed by atoms with van der Waals surface area (Å²) >= 11 is 3.11. The number of nitrogens with zero attached hydrogens (tertiary/aromatic N) is 4. The Balaban J connectivity index is 1.28. The number of benzene rings is 3. The van der Waals surface area contributed by atoms with Crippen LogP contribution < -0.4 is 15.0 Å². The topological polar surface area (TPSA) is 100 Å². The number of methoxy groups -OCH3 is 1. The molecule has 3 heterocycles. The first-order chi connectivity index (χ1) is 22.0. The Hall–Kier alpha value is -5.24. The maximum absolute atomic E-state index is 14.1. The highest BCUT2D eigenvalue weighted by Gasteiger charge is 2.22. The van der Waals surface area contributed by atoms with E-state index in [2.05, 4.69) is 22.4 Å². The Bertz CT molecular complexity index is 1990. The second-order valence-electron chi connectivity index (χ2n) is 10.4. The molecule has 0 bridgehead atoms. The molecule has 45 heavy (non-hydrogen) atoms. The van der Waals surface area contributed by atoms with E-state index in [9.17, 15) is 9.59 Å². The van der Waals surface area contributed by atoms with Crippen molar-refractivity contribution in [1.29, 1.82) is 5.26 Å². The molecule has 0 spiro atoms. The molecule has 0 radical (unpaired) electrons. The molecule has 1 N–H and O–H groups in total. The number of carbonyl (C=O) groups excluding carboxylic acids is 2. The van der Waals surface area contributed by atoms with Crippen LogP contribution in [0.4, 0.5) is 5.69 Å². The standard InChI is InChI=1S/C35H29N5O3S2/c1-43-30-5-2-4-26(17-30)35(42)40(22-29-20-37-23-39(29)21-25-9-7-24(19-36)8-10-25)28-11-12-32-27(16-28)18-33(45-32)34(41)38-14-13-31-6-3-15-44-31/h2-12,15-18,20,23H,13-14,21-22H2,1H3,(H,38,41). The molecule has 3 aromatic carbocycles. The number of nitriles is 1. The van der Waals surface area contributed by atoms with E-state index >= 15 is 0 Å². The lowest BCUT2D eigenvalue weighted by Gasteiger charge is -2.24. The van der Waals surface area contributed by atoms with Gasteiger partial charge in [0.1, 0.15) is 5.75 Å². The molecule has 8 nitrogen and oxygen atoms in total. The molecule has 0 aliphatic carbocycles. The number of rotatable bonds is 11. The molecule has 0 unspecified atom stereocenters. The van der Waals surface area contributed by atoms with E-state index in [0.29, 0.717) is 40.5 Å². The van der Waals surface area contributed by atoms with Gasteiger partial charge in [0, 0.05) is 40.1 Å². The van der Waals surface area contributed by atoms with Gasteiger partial charge in [-0.2, -0.15) is 5.26 Å². The normalized spacial score (nSPS) is 10.8. The predicted molar refractivity (Wildman–Crippen MR) is 178 cm³/mol. The summed E-state index contributed by atoms with van der Waals surface area (Å²) in [6, 6.07) is 28.4. The van der Waals surface area contributed by atoms with Crippen LogP contribution in [-0.4, -0.2) is 35.0 Å². The first-order valence-electron chi connectivity index (χ1n) is 14.3. The van der Waals surface area contributed by atoms with E-state index in [1.165, 1.54) is 16.2 Å². The van der Waals surface area contributed by atoms with Crippen molar-refractivity contribution in [3.63, 3.8) is 0 Å². The van der Waals surface area contributed by atoms with Gasteiger partial charge in [0.25, 0.3) is 11.8 Å². The predicted octanol–water partition coefficient (Wildman–Crippen LogP) is 6.91. The number of hydrogen-bond donors (Lipinski definition) is 1. The zero-order chi connectivity index (χ0) is 31.2. The summed E-state index contributed by atoms with van der Waals surface area (Å²) in [6.45, 7) is 1.37. The highest BCUT2D eigenvalue weighted by atomic mass is 32.1. The van der Waals surface area contributed by atoms with Gasteiger partial charge >= 0.3 is 0 Å². The Morgan fingerprint density at radius 2 is 1.91 bits per heavy atom. The Morgan fingerprint density at radius 3 is 2.69 bits per heavy atom. The van der Waals surface area contributed by atoms with Gasteiger partial charge in [-0.25, -0.2) is 4.98 Å². The van der Waals surface area contributed by atoms with Crippen molar-refractivity contribution >= 4 is 50.3 Å². The fourth-order valence-electron chi connectivity index (χ4n) is 5.01. The highest BCUT2D eigenvalue weighted by molar-refractivity contribution is 7.20. The average Bonchev–Trinajstić information content (AvgIpc) is 3.85. The summed E-state index contributed by atoms with van der Waals surface area (Å²) in [4.78, 5) is 35.0. The van der Waals surface area contributed by atoms with Gasteiger partial charge in [-0.1, -0.05) is 24.3 Å². The van der Waals surface area contributed by atoms with Gasteiger partial charge in [-0.3, -0.25) is 9.59 Å². The van der Waals surface area contributed by atoms with E-state index in [4.69, 9.17) is 10.00 Å². The Morgan fingerprint density at radius 1 is 1.04 bits per heavy atom. The first kappa shape index (κ1) is 29.8. The van der Waals surface area contributed by atoms with Crippen molar-refractivity contribution in [1.82, 2.24) is 14.9 Å². The van der Waals surface area contributed by atoms with Gasteiger partial charge in [0.05, 0.1) is 42.2 Å². The number of nitrogens with one attached hydrogen (secondary N) is 1. The second-order valence-corrected chi connectivity index (χ2v) is 12.5. The zero-order valence-corrected chi connectivity index (χ0v) is 26.1. The lowest BCUT2D eigenvalue weighted by molar-refractivity contribution is 0.0956. The van der Waals surface area contributed by atoms with Gasteiger partial charge in [-0.05, 0) is 83.4 Å². The number of carbonyl (C=O) groups is 2. The summed E-state index contributed by atoms with van der Waals surface area (Å²) in [5, 5.41) is 15.1. The largest absolute Gasteiger partial charge is 0.497 e. The van der Waals surface area contributed by atoms with Crippen LogP contribution in [-0.2, 0) is 19.5 Å².